The number of benzene rings is 2. The molecule has 2 aromatic carbocycles. The van der Waals surface area contributed by atoms with Crippen molar-refractivity contribution in [3.63, 3.8) is 0 Å². The van der Waals surface area contributed by atoms with Crippen LogP contribution in [0.15, 0.2) is 53.4 Å². The summed E-state index contributed by atoms with van der Waals surface area (Å²) >= 11 is 0. The number of halogens is 3. The predicted molar refractivity (Wildman–Crippen MR) is 107 cm³/mol. The Balaban J connectivity index is 2.03. The van der Waals surface area contributed by atoms with Gasteiger partial charge in [-0.05, 0) is 61.4 Å². The monoisotopic (exact) mass is 444 g/mol. The topological polar surface area (TPSA) is 84.5 Å². The third-order valence-corrected chi connectivity index (χ3v) is 5.36. The fraction of sp³-hybridized carbons (Fsp3) is 0.350. The summed E-state index contributed by atoms with van der Waals surface area (Å²) in [7, 11) is -4.01. The molecule has 0 fully saturated rings. The molecular formula is C20H23F3N2O4S. The minimum atomic E-state index is -4.50. The van der Waals surface area contributed by atoms with Crippen LogP contribution in [0.1, 0.15) is 26.3 Å². The van der Waals surface area contributed by atoms with E-state index < -0.39 is 27.9 Å². The van der Waals surface area contributed by atoms with Crippen molar-refractivity contribution in [1.29, 1.82) is 0 Å². The number of hydrogen-bond acceptors (Lipinski definition) is 4. The standard InChI is InChI=1S/C20H23F3N2O4S/c1-13(2)12-24-19(26)14(3)29-17-8-10-18(11-9-17)30(27,28)25-16-6-4-15(5-7-16)20(21,22)23/h4-11,13-14,25H,12H2,1-3H3,(H,24,26)/t14-/m0/s1. The Hall–Kier alpha value is -2.75. The molecule has 30 heavy (non-hydrogen) atoms. The molecule has 0 saturated heterocycles. The van der Waals surface area contributed by atoms with Gasteiger partial charge in [0.15, 0.2) is 6.10 Å². The van der Waals surface area contributed by atoms with Crippen LogP contribution in [-0.2, 0) is 21.0 Å². The number of amides is 1. The predicted octanol–water partition coefficient (Wildman–Crippen LogP) is 4.05. The van der Waals surface area contributed by atoms with E-state index in [9.17, 15) is 26.4 Å². The Kier molecular flexibility index (Phi) is 7.35. The Morgan fingerprint density at radius 3 is 2.07 bits per heavy atom. The number of ether oxygens (including phenoxy) is 1. The summed E-state index contributed by atoms with van der Waals surface area (Å²) < 4.78 is 70.4. The van der Waals surface area contributed by atoms with E-state index in [-0.39, 0.29) is 16.5 Å². The molecule has 0 spiro atoms. The van der Waals surface area contributed by atoms with Crippen LogP contribution < -0.4 is 14.8 Å². The molecule has 10 heteroatoms. The molecule has 0 heterocycles. The SMILES string of the molecule is CC(C)CNC(=O)[C@H](C)Oc1ccc(S(=O)(=O)Nc2ccc(C(F)(F)F)cc2)cc1. The summed E-state index contributed by atoms with van der Waals surface area (Å²) in [6.07, 6.45) is -5.27. The third kappa shape index (κ3) is 6.65. The zero-order valence-electron chi connectivity index (χ0n) is 16.7. The number of alkyl halides is 3. The van der Waals surface area contributed by atoms with Crippen LogP contribution in [0.2, 0.25) is 0 Å². The van der Waals surface area contributed by atoms with Crippen LogP contribution in [0.3, 0.4) is 0 Å². The average molecular weight is 444 g/mol. The van der Waals surface area contributed by atoms with Crippen molar-refractivity contribution in [2.45, 2.75) is 37.9 Å². The van der Waals surface area contributed by atoms with E-state index in [1.807, 2.05) is 13.8 Å². The molecule has 0 saturated carbocycles. The fourth-order valence-corrected chi connectivity index (χ4v) is 3.40. The van der Waals surface area contributed by atoms with Gasteiger partial charge >= 0.3 is 6.18 Å². The second-order valence-electron chi connectivity index (χ2n) is 7.05. The molecule has 0 aromatic heterocycles. The first-order valence-corrected chi connectivity index (χ1v) is 10.6. The molecule has 6 nitrogen and oxygen atoms in total. The van der Waals surface area contributed by atoms with Gasteiger partial charge in [-0.15, -0.1) is 0 Å². The highest BCUT2D eigenvalue weighted by Crippen LogP contribution is 2.30. The first kappa shape index (κ1) is 23.5. The maximum absolute atomic E-state index is 12.6. The highest BCUT2D eigenvalue weighted by atomic mass is 32.2. The maximum Gasteiger partial charge on any atom is 0.416 e. The molecular weight excluding hydrogens is 421 g/mol. The van der Waals surface area contributed by atoms with Crippen LogP contribution in [0.5, 0.6) is 5.75 Å². The van der Waals surface area contributed by atoms with Crippen molar-refractivity contribution < 1.29 is 31.1 Å². The molecule has 2 N–H and O–H groups in total. The zero-order valence-corrected chi connectivity index (χ0v) is 17.5. The lowest BCUT2D eigenvalue weighted by Crippen LogP contribution is -2.38. The van der Waals surface area contributed by atoms with E-state index >= 15 is 0 Å². The average Bonchev–Trinajstić information content (AvgIpc) is 2.65. The molecule has 0 bridgehead atoms. The van der Waals surface area contributed by atoms with Crippen LogP contribution in [-0.4, -0.2) is 27.0 Å². The second-order valence-corrected chi connectivity index (χ2v) is 8.73. The summed E-state index contributed by atoms with van der Waals surface area (Å²) in [6, 6.07) is 9.01. The number of sulfonamides is 1. The smallest absolute Gasteiger partial charge is 0.416 e. The summed E-state index contributed by atoms with van der Waals surface area (Å²) in [6.45, 7) is 6.01. The molecule has 0 aliphatic carbocycles. The van der Waals surface area contributed by atoms with Crippen molar-refractivity contribution in [3.8, 4) is 5.75 Å². The largest absolute Gasteiger partial charge is 0.481 e. The van der Waals surface area contributed by atoms with Crippen LogP contribution in [0.25, 0.3) is 0 Å². The molecule has 164 valence electrons. The van der Waals surface area contributed by atoms with Crippen molar-refractivity contribution in [2.24, 2.45) is 5.92 Å². The van der Waals surface area contributed by atoms with E-state index in [2.05, 4.69) is 10.0 Å². The lowest BCUT2D eigenvalue weighted by molar-refractivity contribution is -0.137. The second kappa shape index (κ2) is 9.38. The number of nitrogens with one attached hydrogen (secondary N) is 2. The molecule has 2 aromatic rings. The van der Waals surface area contributed by atoms with E-state index in [1.165, 1.54) is 24.3 Å². The highest BCUT2D eigenvalue weighted by molar-refractivity contribution is 7.92. The first-order valence-electron chi connectivity index (χ1n) is 9.13. The zero-order chi connectivity index (χ0) is 22.5. The van der Waals surface area contributed by atoms with E-state index in [1.54, 1.807) is 6.92 Å². The van der Waals surface area contributed by atoms with Gasteiger partial charge in [-0.25, -0.2) is 8.42 Å². The number of carbonyl (C=O) groups excluding carboxylic acids is 1. The van der Waals surface area contributed by atoms with E-state index in [4.69, 9.17) is 4.74 Å². The number of anilines is 1. The highest BCUT2D eigenvalue weighted by Gasteiger charge is 2.30. The van der Waals surface area contributed by atoms with E-state index in [0.717, 1.165) is 24.3 Å². The van der Waals surface area contributed by atoms with Gasteiger partial charge in [0.05, 0.1) is 10.5 Å². The summed E-state index contributed by atoms with van der Waals surface area (Å²) in [5.74, 6) is 0.308. The fourth-order valence-electron chi connectivity index (χ4n) is 2.34. The van der Waals surface area contributed by atoms with Crippen LogP contribution in [0, 0.1) is 5.92 Å². The molecule has 1 atom stereocenters. The maximum atomic E-state index is 12.6. The molecule has 0 unspecified atom stereocenters. The van der Waals surface area contributed by atoms with Crippen molar-refractivity contribution in [3.05, 3.63) is 54.1 Å². The van der Waals surface area contributed by atoms with Gasteiger partial charge < -0.3 is 10.1 Å². The lowest BCUT2D eigenvalue weighted by atomic mass is 10.2. The number of carbonyl (C=O) groups is 1. The van der Waals surface area contributed by atoms with Gasteiger partial charge in [-0.3, -0.25) is 9.52 Å². The molecule has 2 rings (SSSR count). The minimum Gasteiger partial charge on any atom is -0.481 e. The van der Waals surface area contributed by atoms with Crippen molar-refractivity contribution >= 4 is 21.6 Å². The quantitative estimate of drug-likeness (QED) is 0.644. The van der Waals surface area contributed by atoms with Crippen LogP contribution in [0.4, 0.5) is 18.9 Å². The summed E-state index contributed by atoms with van der Waals surface area (Å²) in [4.78, 5) is 11.8. The van der Waals surface area contributed by atoms with Crippen molar-refractivity contribution in [2.75, 3.05) is 11.3 Å². The van der Waals surface area contributed by atoms with Gasteiger partial charge in [0.2, 0.25) is 0 Å². The van der Waals surface area contributed by atoms with E-state index in [0.29, 0.717) is 18.2 Å². The van der Waals surface area contributed by atoms with Gasteiger partial charge in [-0.1, -0.05) is 13.8 Å². The molecule has 1 amide bonds. The third-order valence-electron chi connectivity index (χ3n) is 3.97. The lowest BCUT2D eigenvalue weighted by Gasteiger charge is -2.16. The van der Waals surface area contributed by atoms with Gasteiger partial charge in [0, 0.05) is 12.2 Å². The minimum absolute atomic E-state index is 0.00114. The van der Waals surface area contributed by atoms with Crippen LogP contribution >= 0.6 is 0 Å². The van der Waals surface area contributed by atoms with Gasteiger partial charge in [-0.2, -0.15) is 13.2 Å². The molecule has 0 aliphatic heterocycles. The molecule has 0 radical (unpaired) electrons. The number of hydrogen-bond donors (Lipinski definition) is 2. The van der Waals surface area contributed by atoms with Gasteiger partial charge in [0.25, 0.3) is 15.9 Å². The number of rotatable bonds is 8. The molecule has 0 aliphatic rings. The summed E-state index contributed by atoms with van der Waals surface area (Å²) in [5, 5.41) is 2.74. The summed E-state index contributed by atoms with van der Waals surface area (Å²) in [5.41, 5.74) is -0.878. The Bertz CT molecular complexity index is 957. The Morgan fingerprint density at radius 1 is 1.00 bits per heavy atom. The Morgan fingerprint density at radius 2 is 1.57 bits per heavy atom. The first-order chi connectivity index (χ1) is 13.9. The normalized spacial score (nSPS) is 13.0. The Labute approximate surface area is 173 Å². The van der Waals surface area contributed by atoms with Crippen molar-refractivity contribution in [1.82, 2.24) is 5.32 Å². The van der Waals surface area contributed by atoms with Gasteiger partial charge in [0.1, 0.15) is 5.75 Å².